The summed E-state index contributed by atoms with van der Waals surface area (Å²) in [6, 6.07) is 0. The molecule has 0 aliphatic heterocycles. The third-order valence-electron chi connectivity index (χ3n) is 3.11. The van der Waals surface area contributed by atoms with Crippen LogP contribution >= 0.6 is 0 Å². The minimum absolute atomic E-state index is 0.115. The van der Waals surface area contributed by atoms with E-state index in [9.17, 15) is 4.79 Å². The average molecular weight is 214 g/mol. The molecule has 0 atom stereocenters. The largest absolute Gasteiger partial charge is 0.358 e. The predicted octanol–water partition coefficient (Wildman–Crippen LogP) is 2.07. The summed E-state index contributed by atoms with van der Waals surface area (Å²) >= 11 is 0. The maximum absolute atomic E-state index is 11.8. The van der Waals surface area contributed by atoms with Crippen molar-refractivity contribution >= 4 is 5.91 Å². The van der Waals surface area contributed by atoms with E-state index >= 15 is 0 Å². The molecule has 0 unspecified atom stereocenters. The Morgan fingerprint density at radius 1 is 1.13 bits per heavy atom. The molecular formula is C12H26N2O. The highest BCUT2D eigenvalue weighted by Crippen LogP contribution is 2.15. The smallest absolute Gasteiger partial charge is 0.240 e. The standard InChI is InChI=1S/C12H26N2O/c1-5-8-9-10-14-12(6-2,7-3)11(15)13-4/h14H,5-10H2,1-4H3,(H,13,15). The lowest BCUT2D eigenvalue weighted by Gasteiger charge is -2.31. The van der Waals surface area contributed by atoms with Crippen molar-refractivity contribution in [2.75, 3.05) is 13.6 Å². The number of nitrogens with one attached hydrogen (secondary N) is 2. The van der Waals surface area contributed by atoms with Crippen LogP contribution in [0.5, 0.6) is 0 Å². The van der Waals surface area contributed by atoms with E-state index in [-0.39, 0.29) is 11.4 Å². The highest BCUT2D eigenvalue weighted by Gasteiger charge is 2.32. The minimum atomic E-state index is -0.359. The van der Waals surface area contributed by atoms with Crippen molar-refractivity contribution in [1.82, 2.24) is 10.6 Å². The quantitative estimate of drug-likeness (QED) is 0.607. The van der Waals surface area contributed by atoms with Gasteiger partial charge >= 0.3 is 0 Å². The summed E-state index contributed by atoms with van der Waals surface area (Å²) in [6.07, 6.45) is 5.27. The summed E-state index contributed by atoms with van der Waals surface area (Å²) in [6.45, 7) is 7.24. The number of hydrogen-bond acceptors (Lipinski definition) is 2. The molecule has 0 radical (unpaired) electrons. The van der Waals surface area contributed by atoms with Crippen molar-refractivity contribution in [1.29, 1.82) is 0 Å². The van der Waals surface area contributed by atoms with E-state index in [4.69, 9.17) is 0 Å². The van der Waals surface area contributed by atoms with Gasteiger partial charge in [-0.15, -0.1) is 0 Å². The van der Waals surface area contributed by atoms with E-state index in [1.54, 1.807) is 7.05 Å². The summed E-state index contributed by atoms with van der Waals surface area (Å²) in [5.74, 6) is 0.115. The van der Waals surface area contributed by atoms with Crippen LogP contribution in [0.2, 0.25) is 0 Å². The van der Waals surface area contributed by atoms with E-state index in [2.05, 4.69) is 31.4 Å². The Bertz CT molecular complexity index is 176. The van der Waals surface area contributed by atoms with E-state index in [1.165, 1.54) is 12.8 Å². The molecular weight excluding hydrogens is 188 g/mol. The van der Waals surface area contributed by atoms with Crippen LogP contribution in [0, 0.1) is 0 Å². The molecule has 2 N–H and O–H groups in total. The molecule has 3 heteroatoms. The Balaban J connectivity index is 4.18. The third kappa shape index (κ3) is 4.20. The summed E-state index contributed by atoms with van der Waals surface area (Å²) in [4.78, 5) is 11.8. The van der Waals surface area contributed by atoms with Crippen molar-refractivity contribution in [3.63, 3.8) is 0 Å². The van der Waals surface area contributed by atoms with Gasteiger partial charge in [-0.2, -0.15) is 0 Å². The van der Waals surface area contributed by atoms with Gasteiger partial charge in [0.25, 0.3) is 0 Å². The molecule has 0 heterocycles. The number of unbranched alkanes of at least 4 members (excludes halogenated alkanes) is 2. The topological polar surface area (TPSA) is 41.1 Å². The number of carbonyl (C=O) groups excluding carboxylic acids is 1. The SMILES string of the molecule is CCCCCNC(CC)(CC)C(=O)NC. The molecule has 0 aromatic heterocycles. The number of hydrogen-bond donors (Lipinski definition) is 2. The first-order valence-electron chi connectivity index (χ1n) is 6.14. The van der Waals surface area contributed by atoms with E-state index < -0.39 is 0 Å². The number of carbonyl (C=O) groups is 1. The Hall–Kier alpha value is -0.570. The monoisotopic (exact) mass is 214 g/mol. The molecule has 0 spiro atoms. The zero-order chi connectivity index (χ0) is 11.7. The van der Waals surface area contributed by atoms with Crippen molar-refractivity contribution in [2.24, 2.45) is 0 Å². The molecule has 0 bridgehead atoms. The number of amides is 1. The van der Waals surface area contributed by atoms with Gasteiger partial charge < -0.3 is 10.6 Å². The summed E-state index contributed by atoms with van der Waals surface area (Å²) < 4.78 is 0. The van der Waals surface area contributed by atoms with E-state index in [1.807, 2.05) is 0 Å². The predicted molar refractivity (Wildman–Crippen MR) is 64.9 cm³/mol. The lowest BCUT2D eigenvalue weighted by molar-refractivity contribution is -0.127. The van der Waals surface area contributed by atoms with Gasteiger partial charge in [-0.25, -0.2) is 0 Å². The maximum Gasteiger partial charge on any atom is 0.240 e. The first-order chi connectivity index (χ1) is 7.16. The molecule has 0 fully saturated rings. The van der Waals surface area contributed by atoms with Gasteiger partial charge in [-0.05, 0) is 25.8 Å². The molecule has 0 aromatic carbocycles. The average Bonchev–Trinajstić information content (AvgIpc) is 2.29. The van der Waals surface area contributed by atoms with Crippen LogP contribution in [0.3, 0.4) is 0 Å². The van der Waals surface area contributed by atoms with Gasteiger partial charge in [0.05, 0.1) is 5.54 Å². The first-order valence-corrected chi connectivity index (χ1v) is 6.14. The van der Waals surface area contributed by atoms with Gasteiger partial charge in [-0.3, -0.25) is 4.79 Å². The first kappa shape index (κ1) is 14.4. The van der Waals surface area contributed by atoms with E-state index in [0.717, 1.165) is 25.8 Å². The van der Waals surface area contributed by atoms with Gasteiger partial charge in [0.1, 0.15) is 0 Å². The fraction of sp³-hybridized carbons (Fsp3) is 0.917. The zero-order valence-corrected chi connectivity index (χ0v) is 10.7. The molecule has 0 aromatic rings. The van der Waals surface area contributed by atoms with Crippen molar-refractivity contribution < 1.29 is 4.79 Å². The second kappa shape index (κ2) is 7.69. The normalized spacial score (nSPS) is 11.5. The molecule has 1 amide bonds. The lowest BCUT2D eigenvalue weighted by atomic mass is 9.91. The van der Waals surface area contributed by atoms with Gasteiger partial charge in [0.2, 0.25) is 5.91 Å². The van der Waals surface area contributed by atoms with Gasteiger partial charge in [0.15, 0.2) is 0 Å². The summed E-state index contributed by atoms with van der Waals surface area (Å²) in [5.41, 5.74) is -0.359. The Morgan fingerprint density at radius 2 is 1.73 bits per heavy atom. The maximum atomic E-state index is 11.8. The molecule has 0 aliphatic rings. The van der Waals surface area contributed by atoms with Crippen LogP contribution in [-0.4, -0.2) is 25.0 Å². The molecule has 0 aliphatic carbocycles. The second-order valence-electron chi connectivity index (χ2n) is 4.00. The Labute approximate surface area is 94.0 Å². The second-order valence-corrected chi connectivity index (χ2v) is 4.00. The minimum Gasteiger partial charge on any atom is -0.358 e. The molecule has 3 nitrogen and oxygen atoms in total. The zero-order valence-electron chi connectivity index (χ0n) is 10.7. The van der Waals surface area contributed by atoms with Gasteiger partial charge in [-0.1, -0.05) is 33.6 Å². The van der Waals surface area contributed by atoms with Crippen LogP contribution in [0.15, 0.2) is 0 Å². The van der Waals surface area contributed by atoms with E-state index in [0.29, 0.717) is 0 Å². The van der Waals surface area contributed by atoms with Crippen LogP contribution in [0.1, 0.15) is 52.9 Å². The van der Waals surface area contributed by atoms with Crippen molar-refractivity contribution in [3.05, 3.63) is 0 Å². The van der Waals surface area contributed by atoms with Crippen LogP contribution < -0.4 is 10.6 Å². The van der Waals surface area contributed by atoms with Gasteiger partial charge in [0, 0.05) is 7.05 Å². The molecule has 0 rings (SSSR count). The van der Waals surface area contributed by atoms with Crippen LogP contribution in [0.4, 0.5) is 0 Å². The molecule has 90 valence electrons. The Morgan fingerprint density at radius 3 is 2.13 bits per heavy atom. The number of likely N-dealkylation sites (N-methyl/N-ethyl adjacent to an activating group) is 1. The highest BCUT2D eigenvalue weighted by atomic mass is 16.2. The fourth-order valence-electron chi connectivity index (χ4n) is 1.84. The van der Waals surface area contributed by atoms with Crippen LogP contribution in [-0.2, 0) is 4.79 Å². The van der Waals surface area contributed by atoms with Crippen LogP contribution in [0.25, 0.3) is 0 Å². The molecule has 0 saturated heterocycles. The number of rotatable bonds is 8. The van der Waals surface area contributed by atoms with Crippen molar-refractivity contribution in [2.45, 2.75) is 58.4 Å². The fourth-order valence-corrected chi connectivity index (χ4v) is 1.84. The lowest BCUT2D eigenvalue weighted by Crippen LogP contribution is -2.55. The highest BCUT2D eigenvalue weighted by molar-refractivity contribution is 5.85. The summed E-state index contributed by atoms with van der Waals surface area (Å²) in [5, 5.41) is 6.15. The Kier molecular flexibility index (Phi) is 7.39. The third-order valence-corrected chi connectivity index (χ3v) is 3.11. The summed E-state index contributed by atoms with van der Waals surface area (Å²) in [7, 11) is 1.70. The van der Waals surface area contributed by atoms with Crippen molar-refractivity contribution in [3.8, 4) is 0 Å². The molecule has 0 saturated carbocycles. The molecule has 15 heavy (non-hydrogen) atoms.